The lowest BCUT2D eigenvalue weighted by Gasteiger charge is -2.13. The van der Waals surface area contributed by atoms with Crippen molar-refractivity contribution in [2.24, 2.45) is 11.8 Å². The minimum Gasteiger partial charge on any atom is -0.481 e. The Morgan fingerprint density at radius 2 is 2.44 bits per heavy atom. The van der Waals surface area contributed by atoms with E-state index < -0.39 is 5.97 Å². The fourth-order valence-electron chi connectivity index (χ4n) is 2.17. The van der Waals surface area contributed by atoms with Crippen LogP contribution in [-0.2, 0) is 11.3 Å². The molecule has 2 heterocycles. The van der Waals surface area contributed by atoms with Gasteiger partial charge in [-0.3, -0.25) is 9.69 Å². The number of rotatable bonds is 3. The normalized spacial score (nSPS) is 26.1. The molecular weight excluding hydrogens is 290 g/mol. The summed E-state index contributed by atoms with van der Waals surface area (Å²) < 4.78 is 1.11. The summed E-state index contributed by atoms with van der Waals surface area (Å²) in [6.45, 7) is 4.44. The van der Waals surface area contributed by atoms with Gasteiger partial charge >= 0.3 is 5.97 Å². The number of hydrogen-bond donors (Lipinski definition) is 1. The van der Waals surface area contributed by atoms with Crippen molar-refractivity contribution in [3.05, 3.63) is 20.8 Å². The molecule has 2 atom stereocenters. The van der Waals surface area contributed by atoms with Crippen molar-refractivity contribution >= 4 is 33.2 Å². The van der Waals surface area contributed by atoms with Crippen LogP contribution < -0.4 is 0 Å². The number of thiophene rings is 1. The number of aliphatic carboxylic acids is 1. The Morgan fingerprint density at radius 1 is 1.69 bits per heavy atom. The summed E-state index contributed by atoms with van der Waals surface area (Å²) in [5.74, 6) is -0.619. The molecule has 0 unspecified atom stereocenters. The molecular formula is C11H14BrNO2S. The number of halogens is 1. The van der Waals surface area contributed by atoms with Crippen molar-refractivity contribution in [1.29, 1.82) is 0 Å². The van der Waals surface area contributed by atoms with Crippen LogP contribution in [0, 0.1) is 11.8 Å². The first-order valence-corrected chi connectivity index (χ1v) is 6.91. The second-order valence-electron chi connectivity index (χ2n) is 4.35. The number of nitrogens with zero attached hydrogens (tertiary/aromatic N) is 1. The van der Waals surface area contributed by atoms with Crippen molar-refractivity contribution in [2.45, 2.75) is 13.5 Å². The number of carboxylic acids is 1. The van der Waals surface area contributed by atoms with Crippen LogP contribution in [0.3, 0.4) is 0 Å². The first kappa shape index (κ1) is 12.1. The predicted molar refractivity (Wildman–Crippen MR) is 67.6 cm³/mol. The molecule has 1 aromatic rings. The molecule has 0 amide bonds. The van der Waals surface area contributed by atoms with E-state index in [9.17, 15) is 4.79 Å². The van der Waals surface area contributed by atoms with Gasteiger partial charge in [-0.15, -0.1) is 11.3 Å². The molecule has 0 aromatic carbocycles. The molecule has 1 fully saturated rings. The summed E-state index contributed by atoms with van der Waals surface area (Å²) in [6, 6.07) is 2.10. The summed E-state index contributed by atoms with van der Waals surface area (Å²) >= 11 is 5.14. The quantitative estimate of drug-likeness (QED) is 0.933. The molecule has 88 valence electrons. The Bertz CT molecular complexity index is 393. The van der Waals surface area contributed by atoms with E-state index in [1.807, 2.05) is 6.92 Å². The van der Waals surface area contributed by atoms with Gasteiger partial charge in [0, 0.05) is 34.4 Å². The third kappa shape index (κ3) is 2.64. The minimum absolute atomic E-state index is 0.205. The molecule has 16 heavy (non-hydrogen) atoms. The highest BCUT2D eigenvalue weighted by atomic mass is 79.9. The molecule has 1 saturated heterocycles. The van der Waals surface area contributed by atoms with E-state index in [2.05, 4.69) is 32.3 Å². The van der Waals surface area contributed by atoms with E-state index in [1.165, 1.54) is 4.88 Å². The van der Waals surface area contributed by atoms with Crippen molar-refractivity contribution in [3.8, 4) is 0 Å². The van der Waals surface area contributed by atoms with Crippen molar-refractivity contribution in [1.82, 2.24) is 4.90 Å². The topological polar surface area (TPSA) is 40.5 Å². The highest BCUT2D eigenvalue weighted by Gasteiger charge is 2.34. The van der Waals surface area contributed by atoms with Gasteiger partial charge in [0.15, 0.2) is 0 Å². The molecule has 5 heteroatoms. The van der Waals surface area contributed by atoms with Gasteiger partial charge < -0.3 is 5.11 Å². The van der Waals surface area contributed by atoms with E-state index >= 15 is 0 Å². The summed E-state index contributed by atoms with van der Waals surface area (Å²) in [5, 5.41) is 11.1. The van der Waals surface area contributed by atoms with Crippen LogP contribution in [0.25, 0.3) is 0 Å². The van der Waals surface area contributed by atoms with Crippen LogP contribution in [-0.4, -0.2) is 29.1 Å². The maximum absolute atomic E-state index is 11.0. The zero-order valence-electron chi connectivity index (χ0n) is 9.02. The first-order valence-electron chi connectivity index (χ1n) is 5.24. The van der Waals surface area contributed by atoms with Gasteiger partial charge in [0.05, 0.1) is 5.92 Å². The number of carbonyl (C=O) groups is 1. The van der Waals surface area contributed by atoms with Gasteiger partial charge in [-0.2, -0.15) is 0 Å². The van der Waals surface area contributed by atoms with Gasteiger partial charge in [0.25, 0.3) is 0 Å². The monoisotopic (exact) mass is 303 g/mol. The van der Waals surface area contributed by atoms with Crippen molar-refractivity contribution in [3.63, 3.8) is 0 Å². The summed E-state index contributed by atoms with van der Waals surface area (Å²) in [4.78, 5) is 14.5. The molecule has 3 nitrogen and oxygen atoms in total. The van der Waals surface area contributed by atoms with E-state index in [4.69, 9.17) is 5.11 Å². The largest absolute Gasteiger partial charge is 0.481 e. The third-order valence-corrected chi connectivity index (χ3v) is 4.69. The summed E-state index contributed by atoms with van der Waals surface area (Å²) in [7, 11) is 0. The van der Waals surface area contributed by atoms with E-state index in [1.54, 1.807) is 11.3 Å². The van der Waals surface area contributed by atoms with Crippen LogP contribution in [0.15, 0.2) is 15.9 Å². The van der Waals surface area contributed by atoms with Crippen molar-refractivity contribution in [2.75, 3.05) is 13.1 Å². The van der Waals surface area contributed by atoms with Gasteiger partial charge in [0.2, 0.25) is 0 Å². The Kier molecular flexibility index (Phi) is 3.66. The summed E-state index contributed by atoms with van der Waals surface area (Å²) in [6.07, 6.45) is 0. The lowest BCUT2D eigenvalue weighted by Crippen LogP contribution is -2.22. The van der Waals surface area contributed by atoms with Gasteiger partial charge in [-0.25, -0.2) is 0 Å². The third-order valence-electron chi connectivity index (χ3n) is 3.01. The molecule has 0 radical (unpaired) electrons. The minimum atomic E-state index is -0.664. The lowest BCUT2D eigenvalue weighted by molar-refractivity contribution is -0.142. The Morgan fingerprint density at radius 3 is 2.94 bits per heavy atom. The Hall–Kier alpha value is -0.390. The van der Waals surface area contributed by atoms with Crippen LogP contribution in [0.4, 0.5) is 0 Å². The number of hydrogen-bond acceptors (Lipinski definition) is 3. The lowest BCUT2D eigenvalue weighted by atomic mass is 9.99. The van der Waals surface area contributed by atoms with Crippen molar-refractivity contribution < 1.29 is 9.90 Å². The Labute approximate surface area is 107 Å². The molecule has 0 saturated carbocycles. The zero-order chi connectivity index (χ0) is 11.7. The van der Waals surface area contributed by atoms with Crippen LogP contribution in [0.5, 0.6) is 0 Å². The van der Waals surface area contributed by atoms with Crippen LogP contribution >= 0.6 is 27.3 Å². The number of likely N-dealkylation sites (tertiary alicyclic amines) is 1. The number of carboxylic acid groups (broad SMARTS) is 1. The average Bonchev–Trinajstić information content (AvgIpc) is 2.73. The molecule has 2 rings (SSSR count). The van der Waals surface area contributed by atoms with Crippen LogP contribution in [0.2, 0.25) is 0 Å². The van der Waals surface area contributed by atoms with Gasteiger partial charge in [-0.1, -0.05) is 6.92 Å². The SMILES string of the molecule is C[C@@H]1CN(Cc2cc(Br)cs2)C[C@H]1C(=O)O. The second kappa shape index (κ2) is 4.85. The molecule has 0 bridgehead atoms. The Balaban J connectivity index is 1.96. The molecule has 0 spiro atoms. The molecule has 1 aliphatic rings. The highest BCUT2D eigenvalue weighted by Crippen LogP contribution is 2.27. The molecule has 1 aromatic heterocycles. The van der Waals surface area contributed by atoms with E-state index in [0.29, 0.717) is 6.54 Å². The smallest absolute Gasteiger partial charge is 0.308 e. The van der Waals surface area contributed by atoms with E-state index in [-0.39, 0.29) is 11.8 Å². The molecule has 1 N–H and O–H groups in total. The predicted octanol–water partition coefficient (Wildman–Crippen LogP) is 2.66. The highest BCUT2D eigenvalue weighted by molar-refractivity contribution is 9.10. The van der Waals surface area contributed by atoms with Gasteiger partial charge in [-0.05, 0) is 27.9 Å². The molecule has 1 aliphatic heterocycles. The standard InChI is InChI=1S/C11H14BrNO2S/c1-7-3-13(5-10(7)11(14)15)4-9-2-8(12)6-16-9/h2,6-7,10H,3-5H2,1H3,(H,14,15)/t7-,10-/m1/s1. The maximum Gasteiger partial charge on any atom is 0.308 e. The average molecular weight is 304 g/mol. The zero-order valence-corrected chi connectivity index (χ0v) is 11.4. The fourth-order valence-corrected chi connectivity index (χ4v) is 3.67. The second-order valence-corrected chi connectivity index (χ2v) is 6.26. The van der Waals surface area contributed by atoms with E-state index in [0.717, 1.165) is 17.6 Å². The first-order chi connectivity index (χ1) is 7.56. The fraction of sp³-hybridized carbons (Fsp3) is 0.545. The van der Waals surface area contributed by atoms with Crippen LogP contribution in [0.1, 0.15) is 11.8 Å². The summed E-state index contributed by atoms with van der Waals surface area (Å²) in [5.41, 5.74) is 0. The molecule has 0 aliphatic carbocycles. The maximum atomic E-state index is 11.0. The van der Waals surface area contributed by atoms with Gasteiger partial charge in [0.1, 0.15) is 0 Å².